The molecule has 0 aromatic carbocycles. The largest absolute Gasteiger partial charge is 0.395 e. The van der Waals surface area contributed by atoms with E-state index in [2.05, 4.69) is 16.7 Å². The van der Waals surface area contributed by atoms with Crippen LogP contribution in [0.1, 0.15) is 35.4 Å². The molecule has 0 aliphatic rings. The van der Waals surface area contributed by atoms with Gasteiger partial charge in [-0.1, -0.05) is 6.42 Å². The van der Waals surface area contributed by atoms with E-state index in [4.69, 9.17) is 5.73 Å². The second-order valence-corrected chi connectivity index (χ2v) is 5.27. The molecule has 1 aromatic heterocycles. The Morgan fingerprint density at radius 3 is 2.72 bits per heavy atom. The molecule has 0 spiro atoms. The minimum Gasteiger partial charge on any atom is -0.395 e. The number of nitrogens with one attached hydrogen (secondary N) is 1. The monoisotopic (exact) mass is 270 g/mol. The summed E-state index contributed by atoms with van der Waals surface area (Å²) in [6.45, 7) is 2.49. The van der Waals surface area contributed by atoms with Crippen LogP contribution in [0, 0.1) is 6.92 Å². The zero-order chi connectivity index (χ0) is 13.5. The predicted molar refractivity (Wildman–Crippen MR) is 76.9 cm³/mol. The van der Waals surface area contributed by atoms with Crippen LogP contribution >= 0.6 is 11.8 Å². The highest BCUT2D eigenvalue weighted by Gasteiger charge is 2.16. The van der Waals surface area contributed by atoms with Crippen LogP contribution in [0.3, 0.4) is 0 Å². The third-order valence-corrected chi connectivity index (χ3v) is 3.49. The van der Waals surface area contributed by atoms with Crippen molar-refractivity contribution in [2.45, 2.75) is 26.2 Å². The topological polar surface area (TPSA) is 72.9 Å². The second kappa shape index (κ2) is 7.31. The van der Waals surface area contributed by atoms with Crippen LogP contribution in [-0.4, -0.2) is 34.2 Å². The van der Waals surface area contributed by atoms with Gasteiger partial charge in [0.15, 0.2) is 0 Å². The maximum atomic E-state index is 11.9. The lowest BCUT2D eigenvalue weighted by atomic mass is 10.2. The summed E-state index contributed by atoms with van der Waals surface area (Å²) in [5, 5.41) is 7.01. The molecule has 0 aliphatic heterocycles. The normalized spacial score (nSPS) is 10.6. The highest BCUT2D eigenvalue weighted by Crippen LogP contribution is 2.14. The van der Waals surface area contributed by atoms with Crippen molar-refractivity contribution >= 4 is 23.4 Å². The average Bonchev–Trinajstić information content (AvgIpc) is 2.58. The maximum Gasteiger partial charge on any atom is 0.271 e. The van der Waals surface area contributed by atoms with Gasteiger partial charge >= 0.3 is 0 Å². The number of anilines is 1. The average molecular weight is 270 g/mol. The summed E-state index contributed by atoms with van der Waals surface area (Å²) >= 11 is 1.85. The Morgan fingerprint density at radius 1 is 1.44 bits per heavy atom. The fourth-order valence-electron chi connectivity index (χ4n) is 1.78. The number of aromatic nitrogens is 2. The van der Waals surface area contributed by atoms with Crippen molar-refractivity contribution < 1.29 is 4.79 Å². The number of unbranched alkanes of at least 4 members (excludes halogenated alkanes) is 2. The molecule has 102 valence electrons. The van der Waals surface area contributed by atoms with Gasteiger partial charge in [0, 0.05) is 13.6 Å². The van der Waals surface area contributed by atoms with Crippen molar-refractivity contribution in [2.75, 3.05) is 24.3 Å². The van der Waals surface area contributed by atoms with Crippen molar-refractivity contribution in [3.63, 3.8) is 0 Å². The molecule has 0 unspecified atom stereocenters. The Kier molecular flexibility index (Phi) is 6.04. The van der Waals surface area contributed by atoms with Gasteiger partial charge in [0.05, 0.1) is 11.4 Å². The molecule has 0 saturated heterocycles. The van der Waals surface area contributed by atoms with E-state index < -0.39 is 0 Å². The molecule has 0 aliphatic carbocycles. The molecule has 6 heteroatoms. The Morgan fingerprint density at radius 2 is 2.17 bits per heavy atom. The van der Waals surface area contributed by atoms with Crippen molar-refractivity contribution in [3.8, 4) is 0 Å². The van der Waals surface area contributed by atoms with E-state index in [-0.39, 0.29) is 5.91 Å². The standard InChI is InChI=1S/C12H22N4OS/c1-9-10(13)11(16(2)15-9)12(17)14-7-5-4-6-8-18-3/h4-8,13H2,1-3H3,(H,14,17). The molecule has 0 bridgehead atoms. The summed E-state index contributed by atoms with van der Waals surface area (Å²) in [5.74, 6) is 1.04. The summed E-state index contributed by atoms with van der Waals surface area (Å²) in [4.78, 5) is 11.9. The van der Waals surface area contributed by atoms with Crippen molar-refractivity contribution in [2.24, 2.45) is 7.05 Å². The number of nitrogens with zero attached hydrogens (tertiary/aromatic N) is 2. The number of aryl methyl sites for hydroxylation is 2. The highest BCUT2D eigenvalue weighted by molar-refractivity contribution is 7.98. The third-order valence-electron chi connectivity index (χ3n) is 2.79. The first-order chi connectivity index (χ1) is 8.57. The molecule has 1 amide bonds. The van der Waals surface area contributed by atoms with E-state index in [0.717, 1.165) is 12.8 Å². The minimum atomic E-state index is -0.138. The first kappa shape index (κ1) is 14.9. The number of nitrogens with two attached hydrogens (primary N) is 1. The molecule has 1 rings (SSSR count). The van der Waals surface area contributed by atoms with Crippen LogP contribution in [-0.2, 0) is 7.05 Å². The van der Waals surface area contributed by atoms with Gasteiger partial charge in [-0.25, -0.2) is 0 Å². The lowest BCUT2D eigenvalue weighted by Gasteiger charge is -2.06. The van der Waals surface area contributed by atoms with E-state index in [1.807, 2.05) is 11.8 Å². The number of hydrogen-bond donors (Lipinski definition) is 2. The molecule has 0 radical (unpaired) electrons. The summed E-state index contributed by atoms with van der Waals surface area (Å²) in [7, 11) is 1.73. The van der Waals surface area contributed by atoms with Gasteiger partial charge in [0.2, 0.25) is 0 Å². The Bertz CT molecular complexity index is 403. The molecule has 1 heterocycles. The number of hydrogen-bond acceptors (Lipinski definition) is 4. The van der Waals surface area contributed by atoms with Gasteiger partial charge in [0.25, 0.3) is 5.91 Å². The number of nitrogen functional groups attached to an aromatic ring is 1. The lowest BCUT2D eigenvalue weighted by Crippen LogP contribution is -2.27. The molecule has 0 fully saturated rings. The van der Waals surface area contributed by atoms with E-state index in [0.29, 0.717) is 23.6 Å². The van der Waals surface area contributed by atoms with Crippen molar-refractivity contribution in [1.29, 1.82) is 0 Å². The van der Waals surface area contributed by atoms with Crippen LogP contribution in [0.4, 0.5) is 5.69 Å². The fourth-order valence-corrected chi connectivity index (χ4v) is 2.27. The molecule has 5 nitrogen and oxygen atoms in total. The van der Waals surface area contributed by atoms with Gasteiger partial charge in [-0.3, -0.25) is 9.48 Å². The summed E-state index contributed by atoms with van der Waals surface area (Å²) in [6, 6.07) is 0. The lowest BCUT2D eigenvalue weighted by molar-refractivity contribution is 0.0944. The number of carbonyl (C=O) groups is 1. The van der Waals surface area contributed by atoms with Crippen LogP contribution < -0.4 is 11.1 Å². The van der Waals surface area contributed by atoms with Gasteiger partial charge in [-0.2, -0.15) is 16.9 Å². The van der Waals surface area contributed by atoms with E-state index in [9.17, 15) is 4.79 Å². The van der Waals surface area contributed by atoms with E-state index >= 15 is 0 Å². The first-order valence-corrected chi connectivity index (χ1v) is 7.53. The van der Waals surface area contributed by atoms with Gasteiger partial charge in [-0.05, 0) is 31.8 Å². The Hall–Kier alpha value is -1.17. The minimum absolute atomic E-state index is 0.138. The van der Waals surface area contributed by atoms with Crippen LogP contribution in [0.15, 0.2) is 0 Å². The van der Waals surface area contributed by atoms with E-state index in [1.165, 1.54) is 16.9 Å². The van der Waals surface area contributed by atoms with E-state index in [1.54, 1.807) is 14.0 Å². The molecule has 0 saturated carbocycles. The van der Waals surface area contributed by atoms with Crippen LogP contribution in [0.25, 0.3) is 0 Å². The van der Waals surface area contributed by atoms with Gasteiger partial charge < -0.3 is 11.1 Å². The smallest absolute Gasteiger partial charge is 0.271 e. The number of amides is 1. The first-order valence-electron chi connectivity index (χ1n) is 6.14. The Labute approximate surface area is 112 Å². The quantitative estimate of drug-likeness (QED) is 0.738. The SMILES string of the molecule is CSCCCCCNC(=O)c1c(N)c(C)nn1C. The maximum absolute atomic E-state index is 11.9. The predicted octanol–water partition coefficient (Wildman–Crippen LogP) is 1.57. The Balaban J connectivity index is 2.37. The van der Waals surface area contributed by atoms with Crippen molar-refractivity contribution in [1.82, 2.24) is 15.1 Å². The second-order valence-electron chi connectivity index (χ2n) is 4.28. The molecular weight excluding hydrogens is 248 g/mol. The van der Waals surface area contributed by atoms with Gasteiger partial charge in [-0.15, -0.1) is 0 Å². The summed E-state index contributed by atoms with van der Waals surface area (Å²) in [5.41, 5.74) is 7.45. The molecule has 3 N–H and O–H groups in total. The van der Waals surface area contributed by atoms with Crippen LogP contribution in [0.5, 0.6) is 0 Å². The number of rotatable bonds is 7. The number of carbonyl (C=O) groups excluding carboxylic acids is 1. The van der Waals surface area contributed by atoms with Gasteiger partial charge in [0.1, 0.15) is 5.69 Å². The molecular formula is C12H22N4OS. The zero-order valence-corrected chi connectivity index (χ0v) is 12.1. The molecule has 0 atom stereocenters. The fraction of sp³-hybridized carbons (Fsp3) is 0.667. The third kappa shape index (κ3) is 3.94. The van der Waals surface area contributed by atoms with Crippen LogP contribution in [0.2, 0.25) is 0 Å². The molecule has 18 heavy (non-hydrogen) atoms. The van der Waals surface area contributed by atoms with Crippen molar-refractivity contribution in [3.05, 3.63) is 11.4 Å². The summed E-state index contributed by atoms with van der Waals surface area (Å²) < 4.78 is 1.54. The summed E-state index contributed by atoms with van der Waals surface area (Å²) in [6.07, 6.45) is 5.45. The highest BCUT2D eigenvalue weighted by atomic mass is 32.2. The number of thioether (sulfide) groups is 1. The molecule has 1 aromatic rings. The zero-order valence-electron chi connectivity index (χ0n) is 11.3.